The van der Waals surface area contributed by atoms with Gasteiger partial charge in [-0.15, -0.1) is 0 Å². The van der Waals surface area contributed by atoms with E-state index >= 15 is 0 Å². The highest BCUT2D eigenvalue weighted by Crippen LogP contribution is 2.55. The normalized spacial score (nSPS) is 30.1. The van der Waals surface area contributed by atoms with Gasteiger partial charge in [0.15, 0.2) is 23.2 Å². The second kappa shape index (κ2) is 7.40. The van der Waals surface area contributed by atoms with Gasteiger partial charge in [-0.05, 0) is 30.6 Å². The van der Waals surface area contributed by atoms with Crippen LogP contribution < -0.4 is 10.5 Å². The van der Waals surface area contributed by atoms with E-state index in [-0.39, 0.29) is 11.8 Å². The third-order valence-corrected chi connectivity index (χ3v) is 7.11. The molecule has 0 spiro atoms. The Hall–Kier alpha value is -2.27. The van der Waals surface area contributed by atoms with Crippen LogP contribution >= 0.6 is 0 Å². The number of nitrogens with two attached hydrogens (primary N) is 1. The molecule has 2 aromatic heterocycles. The van der Waals surface area contributed by atoms with Crippen LogP contribution in [0.2, 0.25) is 0 Å². The lowest BCUT2D eigenvalue weighted by atomic mass is 9.56. The Morgan fingerprint density at radius 1 is 1.26 bits per heavy atom. The standard InChI is InChI=1S/C21H29N5O5/c1-21(2)7-10(11-5-12(21)6-11)3-4-30-20-24-17(22)14-18(25-20)26(9-23-14)19-16(29)15(28)13(8-27)31-19/h9,12-13,15-16,19,27-29H,3-8H2,1-2H3,(H2,22,24,25)/t13-,15-,16-,19-/m1/s1. The summed E-state index contributed by atoms with van der Waals surface area (Å²) in [5.41, 5.74) is 10.1. The molecule has 1 aliphatic heterocycles. The van der Waals surface area contributed by atoms with Crippen molar-refractivity contribution in [2.45, 2.75) is 64.1 Å². The van der Waals surface area contributed by atoms with Crippen molar-refractivity contribution in [1.29, 1.82) is 0 Å². The minimum Gasteiger partial charge on any atom is -0.463 e. The van der Waals surface area contributed by atoms with Gasteiger partial charge < -0.3 is 30.5 Å². The first-order valence-electron chi connectivity index (χ1n) is 10.7. The molecule has 2 fully saturated rings. The van der Waals surface area contributed by atoms with Crippen LogP contribution in [0.1, 0.15) is 45.8 Å². The van der Waals surface area contributed by atoms with Crippen LogP contribution in [0.25, 0.3) is 11.2 Å². The SMILES string of the molecule is CC1(C)CC(CCOc2nc(N)c3ncn([C@@H]4O[C@H](CO)[C@@H](O)[C@H]4O)c3n2)=C2CC1C2. The van der Waals surface area contributed by atoms with Crippen molar-refractivity contribution in [3.63, 3.8) is 0 Å². The van der Waals surface area contributed by atoms with E-state index in [0.717, 1.165) is 18.8 Å². The number of aliphatic hydroxyl groups is 3. The maximum atomic E-state index is 10.3. The Kier molecular flexibility index (Phi) is 4.93. The molecule has 0 radical (unpaired) electrons. The molecule has 0 aromatic carbocycles. The first-order valence-corrected chi connectivity index (χ1v) is 10.7. The van der Waals surface area contributed by atoms with Gasteiger partial charge in [0.2, 0.25) is 0 Å². The molecule has 0 unspecified atom stereocenters. The summed E-state index contributed by atoms with van der Waals surface area (Å²) < 4.78 is 12.9. The van der Waals surface area contributed by atoms with Gasteiger partial charge in [0, 0.05) is 6.42 Å². The van der Waals surface area contributed by atoms with Crippen LogP contribution in [0.5, 0.6) is 6.01 Å². The third kappa shape index (κ3) is 3.38. The zero-order chi connectivity index (χ0) is 21.9. The summed E-state index contributed by atoms with van der Waals surface area (Å²) in [6.07, 6.45) is 1.46. The molecule has 6 rings (SSSR count). The van der Waals surface area contributed by atoms with Gasteiger partial charge in [-0.1, -0.05) is 25.0 Å². The highest BCUT2D eigenvalue weighted by Gasteiger charge is 2.44. The van der Waals surface area contributed by atoms with Crippen molar-refractivity contribution < 1.29 is 24.8 Å². The molecule has 5 N–H and O–H groups in total. The van der Waals surface area contributed by atoms with E-state index < -0.39 is 31.1 Å². The topological polar surface area (TPSA) is 149 Å². The number of anilines is 1. The smallest absolute Gasteiger partial charge is 0.320 e. The zero-order valence-corrected chi connectivity index (χ0v) is 17.7. The van der Waals surface area contributed by atoms with E-state index in [9.17, 15) is 15.3 Å². The number of ether oxygens (including phenoxy) is 2. The molecule has 3 aliphatic carbocycles. The number of rotatable bonds is 6. The summed E-state index contributed by atoms with van der Waals surface area (Å²) >= 11 is 0. The van der Waals surface area contributed by atoms with Crippen molar-refractivity contribution in [1.82, 2.24) is 19.5 Å². The van der Waals surface area contributed by atoms with E-state index in [1.807, 2.05) is 0 Å². The van der Waals surface area contributed by atoms with Crippen LogP contribution in [0.3, 0.4) is 0 Å². The van der Waals surface area contributed by atoms with Gasteiger partial charge in [0.25, 0.3) is 0 Å². The first kappa shape index (κ1) is 20.6. The van der Waals surface area contributed by atoms with Crippen molar-refractivity contribution in [2.75, 3.05) is 18.9 Å². The van der Waals surface area contributed by atoms with Crippen molar-refractivity contribution in [2.24, 2.45) is 11.3 Å². The fourth-order valence-electron chi connectivity index (χ4n) is 5.00. The molecule has 10 heteroatoms. The first-order chi connectivity index (χ1) is 14.8. The molecule has 31 heavy (non-hydrogen) atoms. The highest BCUT2D eigenvalue weighted by atomic mass is 16.6. The van der Waals surface area contributed by atoms with Crippen molar-refractivity contribution in [3.8, 4) is 6.01 Å². The molecule has 1 saturated heterocycles. The van der Waals surface area contributed by atoms with E-state index in [4.69, 9.17) is 15.2 Å². The van der Waals surface area contributed by atoms with Gasteiger partial charge in [-0.25, -0.2) is 4.98 Å². The monoisotopic (exact) mass is 431 g/mol. The zero-order valence-electron chi connectivity index (χ0n) is 17.7. The largest absolute Gasteiger partial charge is 0.463 e. The average Bonchev–Trinajstić information content (AvgIpc) is 3.21. The third-order valence-electron chi connectivity index (χ3n) is 7.11. The van der Waals surface area contributed by atoms with Crippen LogP contribution in [0.4, 0.5) is 5.82 Å². The van der Waals surface area contributed by atoms with E-state index in [2.05, 4.69) is 28.8 Å². The van der Waals surface area contributed by atoms with E-state index in [0.29, 0.717) is 23.2 Å². The molecule has 3 heterocycles. The molecule has 2 bridgehead atoms. The van der Waals surface area contributed by atoms with Gasteiger partial charge >= 0.3 is 6.01 Å². The Morgan fingerprint density at radius 2 is 2.03 bits per heavy atom. The Labute approximate surface area is 179 Å². The van der Waals surface area contributed by atoms with Crippen molar-refractivity contribution in [3.05, 3.63) is 17.5 Å². The number of imidazole rings is 1. The Morgan fingerprint density at radius 3 is 2.71 bits per heavy atom. The molecule has 168 valence electrons. The predicted molar refractivity (Wildman–Crippen MR) is 111 cm³/mol. The Bertz CT molecular complexity index is 1030. The summed E-state index contributed by atoms with van der Waals surface area (Å²) in [5, 5.41) is 29.7. The van der Waals surface area contributed by atoms with Gasteiger partial charge in [0.1, 0.15) is 18.3 Å². The van der Waals surface area contributed by atoms with E-state index in [1.165, 1.54) is 29.3 Å². The molecule has 2 aromatic rings. The predicted octanol–water partition coefficient (Wildman–Crippen LogP) is 0.925. The van der Waals surface area contributed by atoms with Crippen LogP contribution in [-0.2, 0) is 4.74 Å². The number of nitrogens with zero attached hydrogens (tertiary/aromatic N) is 4. The fourth-order valence-corrected chi connectivity index (χ4v) is 5.00. The molecular weight excluding hydrogens is 402 g/mol. The maximum Gasteiger partial charge on any atom is 0.320 e. The maximum absolute atomic E-state index is 10.3. The summed E-state index contributed by atoms with van der Waals surface area (Å²) in [6, 6.07) is 0.130. The number of fused-ring (bicyclic) bond motifs is 3. The second-order valence-electron chi connectivity index (χ2n) is 9.52. The minimum absolute atomic E-state index is 0.130. The number of allylic oxidation sites excluding steroid dienone is 1. The molecule has 4 atom stereocenters. The number of aliphatic hydroxyl groups excluding tert-OH is 3. The highest BCUT2D eigenvalue weighted by molar-refractivity contribution is 5.82. The molecule has 4 aliphatic rings. The van der Waals surface area contributed by atoms with Gasteiger partial charge in [0.05, 0.1) is 19.5 Å². The molecule has 1 saturated carbocycles. The Balaban J connectivity index is 1.33. The molecule has 0 amide bonds. The second-order valence-corrected chi connectivity index (χ2v) is 9.52. The number of hydrogen-bond donors (Lipinski definition) is 4. The summed E-state index contributed by atoms with van der Waals surface area (Å²) in [6.45, 7) is 4.71. The quantitative estimate of drug-likeness (QED) is 0.490. The number of hydrogen-bond acceptors (Lipinski definition) is 9. The minimum atomic E-state index is -1.25. The number of aromatic nitrogens is 4. The van der Waals surface area contributed by atoms with Crippen LogP contribution in [-0.4, -0.2) is 66.4 Å². The average molecular weight is 431 g/mol. The summed E-state index contributed by atoms with van der Waals surface area (Å²) in [5.74, 6) is 0.975. The van der Waals surface area contributed by atoms with Gasteiger partial charge in [-0.2, -0.15) is 9.97 Å². The lowest BCUT2D eigenvalue weighted by Crippen LogP contribution is -2.37. The summed E-state index contributed by atoms with van der Waals surface area (Å²) in [7, 11) is 0. The number of nitrogen functional groups attached to an aromatic ring is 1. The molecular formula is C21H29N5O5. The lowest BCUT2D eigenvalue weighted by Gasteiger charge is -2.49. The lowest BCUT2D eigenvalue weighted by molar-refractivity contribution is -0.0511. The fraction of sp³-hybridized carbons (Fsp3) is 0.667. The van der Waals surface area contributed by atoms with Gasteiger partial charge in [-0.3, -0.25) is 4.57 Å². The van der Waals surface area contributed by atoms with E-state index in [1.54, 1.807) is 5.57 Å². The summed E-state index contributed by atoms with van der Waals surface area (Å²) in [4.78, 5) is 12.8. The molecule has 10 nitrogen and oxygen atoms in total. The van der Waals surface area contributed by atoms with Crippen molar-refractivity contribution >= 4 is 17.0 Å². The van der Waals surface area contributed by atoms with Crippen LogP contribution in [0.15, 0.2) is 17.5 Å². The van der Waals surface area contributed by atoms with Crippen LogP contribution in [0, 0.1) is 11.3 Å².